The molecule has 6 nitrogen and oxygen atoms in total. The third kappa shape index (κ3) is 8.10. The van der Waals surface area contributed by atoms with E-state index in [9.17, 15) is 9.59 Å². The quantitative estimate of drug-likeness (QED) is 0.374. The van der Waals surface area contributed by atoms with Gasteiger partial charge in [0, 0.05) is 25.4 Å². The molecule has 0 fully saturated rings. The summed E-state index contributed by atoms with van der Waals surface area (Å²) in [6.45, 7) is 6.25. The van der Waals surface area contributed by atoms with Crippen molar-refractivity contribution in [3.8, 4) is 11.5 Å². The highest BCUT2D eigenvalue weighted by atomic mass is 16.5. The lowest BCUT2D eigenvalue weighted by atomic mass is 10.0. The second kappa shape index (κ2) is 13.5. The topological polar surface area (TPSA) is 67.9 Å². The van der Waals surface area contributed by atoms with E-state index in [1.54, 1.807) is 19.1 Å². The van der Waals surface area contributed by atoms with Crippen molar-refractivity contribution >= 4 is 11.8 Å². The fourth-order valence-electron chi connectivity index (χ4n) is 4.37. The number of benzene rings is 3. The maximum absolute atomic E-state index is 13.8. The van der Waals surface area contributed by atoms with Crippen LogP contribution < -0.4 is 14.8 Å². The molecule has 0 spiro atoms. The van der Waals surface area contributed by atoms with Crippen LogP contribution >= 0.6 is 0 Å². The van der Waals surface area contributed by atoms with E-state index < -0.39 is 6.04 Å². The lowest BCUT2D eigenvalue weighted by molar-refractivity contribution is -0.141. The number of aryl methyl sites for hydroxylation is 2. The Labute approximate surface area is 220 Å². The molecule has 3 rings (SSSR count). The summed E-state index contributed by atoms with van der Waals surface area (Å²) >= 11 is 0. The van der Waals surface area contributed by atoms with Gasteiger partial charge >= 0.3 is 0 Å². The molecule has 2 amide bonds. The average Bonchev–Trinajstić information content (AvgIpc) is 2.89. The van der Waals surface area contributed by atoms with Crippen LogP contribution in [0.4, 0.5) is 0 Å². The molecule has 0 unspecified atom stereocenters. The Bertz CT molecular complexity index is 1180. The number of carbonyl (C=O) groups excluding carboxylic acids is 2. The van der Waals surface area contributed by atoms with Crippen molar-refractivity contribution < 1.29 is 19.1 Å². The smallest absolute Gasteiger partial charge is 0.243 e. The number of amides is 2. The molecule has 0 aromatic heterocycles. The van der Waals surface area contributed by atoms with Crippen LogP contribution in [0.5, 0.6) is 11.5 Å². The summed E-state index contributed by atoms with van der Waals surface area (Å²) in [5, 5.41) is 3.03. The van der Waals surface area contributed by atoms with Crippen molar-refractivity contribution in [1.29, 1.82) is 0 Å². The second-order valence-electron chi connectivity index (χ2n) is 9.57. The van der Waals surface area contributed by atoms with Crippen molar-refractivity contribution in [3.63, 3.8) is 0 Å². The number of rotatable bonds is 12. The summed E-state index contributed by atoms with van der Waals surface area (Å²) in [7, 11) is 3.19. The van der Waals surface area contributed by atoms with Gasteiger partial charge in [-0.15, -0.1) is 0 Å². The van der Waals surface area contributed by atoms with Gasteiger partial charge in [-0.25, -0.2) is 0 Å². The van der Waals surface area contributed by atoms with Crippen LogP contribution in [-0.4, -0.2) is 43.0 Å². The zero-order valence-electron chi connectivity index (χ0n) is 22.5. The minimum absolute atomic E-state index is 0.0338. The van der Waals surface area contributed by atoms with Crippen molar-refractivity contribution in [2.45, 2.75) is 58.7 Å². The van der Waals surface area contributed by atoms with Gasteiger partial charge in [-0.2, -0.15) is 0 Å². The molecular weight excluding hydrogens is 464 g/mol. The van der Waals surface area contributed by atoms with E-state index in [0.29, 0.717) is 30.9 Å². The summed E-state index contributed by atoms with van der Waals surface area (Å²) in [5.41, 5.74) is 4.08. The number of methoxy groups -OCH3 is 2. The first-order valence-electron chi connectivity index (χ1n) is 12.7. The van der Waals surface area contributed by atoms with Gasteiger partial charge in [0.15, 0.2) is 11.5 Å². The molecule has 0 aliphatic heterocycles. The Morgan fingerprint density at radius 2 is 1.54 bits per heavy atom. The standard InChI is InChI=1S/C31H38N2O4/c1-22(2)32-31(35)27(19-24-11-7-6-8-12-24)33(21-26-13-9-10-23(3)18-26)30(34)17-15-25-14-16-28(36-4)29(20-25)37-5/h6-14,16,18,20,22,27H,15,17,19,21H2,1-5H3,(H,32,35)/t27-/m0/s1. The highest BCUT2D eigenvalue weighted by Crippen LogP contribution is 2.28. The number of hydrogen-bond acceptors (Lipinski definition) is 4. The Balaban J connectivity index is 1.90. The van der Waals surface area contributed by atoms with E-state index in [-0.39, 0.29) is 24.3 Å². The van der Waals surface area contributed by atoms with Crippen molar-refractivity contribution in [2.24, 2.45) is 0 Å². The molecule has 3 aromatic carbocycles. The third-order valence-corrected chi connectivity index (χ3v) is 6.21. The Morgan fingerprint density at radius 1 is 0.838 bits per heavy atom. The molecule has 0 bridgehead atoms. The van der Waals surface area contributed by atoms with Crippen molar-refractivity contribution in [3.05, 3.63) is 95.1 Å². The molecular formula is C31H38N2O4. The van der Waals surface area contributed by atoms with Crippen molar-refractivity contribution in [1.82, 2.24) is 10.2 Å². The summed E-state index contributed by atoms with van der Waals surface area (Å²) < 4.78 is 10.8. The molecule has 196 valence electrons. The maximum Gasteiger partial charge on any atom is 0.243 e. The number of nitrogens with one attached hydrogen (secondary N) is 1. The molecule has 0 heterocycles. The molecule has 37 heavy (non-hydrogen) atoms. The SMILES string of the molecule is COc1ccc(CCC(=O)N(Cc2cccc(C)c2)[C@@H](Cc2ccccc2)C(=O)NC(C)C)cc1OC. The van der Waals surface area contributed by atoms with E-state index in [1.165, 1.54) is 0 Å². The van der Waals surface area contributed by atoms with Gasteiger partial charge in [0.2, 0.25) is 11.8 Å². The number of nitrogens with zero attached hydrogens (tertiary/aromatic N) is 1. The summed E-state index contributed by atoms with van der Waals surface area (Å²) in [4.78, 5) is 29.0. The van der Waals surface area contributed by atoms with Crippen LogP contribution in [0, 0.1) is 6.92 Å². The van der Waals surface area contributed by atoms with Gasteiger partial charge in [-0.1, -0.05) is 66.2 Å². The summed E-state index contributed by atoms with van der Waals surface area (Å²) in [5.74, 6) is 1.05. The van der Waals surface area contributed by atoms with Gasteiger partial charge in [0.1, 0.15) is 6.04 Å². The number of hydrogen-bond donors (Lipinski definition) is 1. The minimum Gasteiger partial charge on any atom is -0.493 e. The molecule has 3 aromatic rings. The van der Waals surface area contributed by atoms with E-state index in [1.807, 2.05) is 87.5 Å². The maximum atomic E-state index is 13.8. The number of ether oxygens (including phenoxy) is 2. The van der Waals surface area contributed by atoms with Gasteiger partial charge in [-0.3, -0.25) is 9.59 Å². The van der Waals surface area contributed by atoms with Gasteiger partial charge in [-0.05, 0) is 56.0 Å². The van der Waals surface area contributed by atoms with Crippen LogP contribution in [0.3, 0.4) is 0 Å². The Kier molecular flexibility index (Phi) is 10.1. The summed E-state index contributed by atoms with van der Waals surface area (Å²) in [6, 6.07) is 22.9. The minimum atomic E-state index is -0.636. The van der Waals surface area contributed by atoms with E-state index in [2.05, 4.69) is 11.4 Å². The Hall–Kier alpha value is -3.80. The molecule has 0 saturated heterocycles. The van der Waals surface area contributed by atoms with Crippen LogP contribution in [0.25, 0.3) is 0 Å². The van der Waals surface area contributed by atoms with Gasteiger partial charge in [0.25, 0.3) is 0 Å². The van der Waals surface area contributed by atoms with Crippen LogP contribution in [0.2, 0.25) is 0 Å². The van der Waals surface area contributed by atoms with E-state index >= 15 is 0 Å². The highest BCUT2D eigenvalue weighted by molar-refractivity contribution is 5.88. The second-order valence-corrected chi connectivity index (χ2v) is 9.57. The normalized spacial score (nSPS) is 11.6. The lowest BCUT2D eigenvalue weighted by Crippen LogP contribution is -2.51. The fraction of sp³-hybridized carbons (Fsp3) is 0.355. The largest absolute Gasteiger partial charge is 0.493 e. The van der Waals surface area contributed by atoms with E-state index in [0.717, 1.165) is 22.3 Å². The van der Waals surface area contributed by atoms with Crippen molar-refractivity contribution in [2.75, 3.05) is 14.2 Å². The van der Waals surface area contributed by atoms with Gasteiger partial charge in [0.05, 0.1) is 14.2 Å². The lowest BCUT2D eigenvalue weighted by Gasteiger charge is -2.32. The van der Waals surface area contributed by atoms with Crippen LogP contribution in [0.15, 0.2) is 72.8 Å². The first kappa shape index (κ1) is 27.8. The predicted molar refractivity (Wildman–Crippen MR) is 147 cm³/mol. The average molecular weight is 503 g/mol. The van der Waals surface area contributed by atoms with Gasteiger partial charge < -0.3 is 19.7 Å². The third-order valence-electron chi connectivity index (χ3n) is 6.21. The molecule has 0 aliphatic carbocycles. The van der Waals surface area contributed by atoms with Crippen LogP contribution in [-0.2, 0) is 29.0 Å². The zero-order chi connectivity index (χ0) is 26.8. The van der Waals surface area contributed by atoms with E-state index in [4.69, 9.17) is 9.47 Å². The summed E-state index contributed by atoms with van der Waals surface area (Å²) in [6.07, 6.45) is 1.22. The molecule has 0 saturated carbocycles. The van der Waals surface area contributed by atoms with Crippen LogP contribution in [0.1, 0.15) is 42.5 Å². The predicted octanol–water partition coefficient (Wildman–Crippen LogP) is 5.11. The molecule has 6 heteroatoms. The molecule has 0 radical (unpaired) electrons. The first-order chi connectivity index (χ1) is 17.8. The highest BCUT2D eigenvalue weighted by Gasteiger charge is 2.30. The monoisotopic (exact) mass is 502 g/mol. The molecule has 1 N–H and O–H groups in total. The zero-order valence-corrected chi connectivity index (χ0v) is 22.5. The Morgan fingerprint density at radius 3 is 2.19 bits per heavy atom. The fourth-order valence-corrected chi connectivity index (χ4v) is 4.37. The first-order valence-corrected chi connectivity index (χ1v) is 12.7. The number of carbonyl (C=O) groups is 2. The molecule has 0 aliphatic rings. The molecule has 1 atom stereocenters.